The highest BCUT2D eigenvalue weighted by molar-refractivity contribution is 5.94. The molecule has 3 aromatic rings. The number of aliphatic hydroxyl groups is 1. The van der Waals surface area contributed by atoms with Gasteiger partial charge in [0.15, 0.2) is 0 Å². The average Bonchev–Trinajstić information content (AvgIpc) is 3.19. The van der Waals surface area contributed by atoms with Gasteiger partial charge in [-0.2, -0.15) is 5.10 Å². The number of nitrogens with one attached hydrogen (secondary N) is 1. The van der Waals surface area contributed by atoms with E-state index in [9.17, 15) is 9.90 Å². The summed E-state index contributed by atoms with van der Waals surface area (Å²) in [6.45, 7) is 1.98. The number of nitrogens with zero attached hydrogens (tertiary/aromatic N) is 2. The zero-order chi connectivity index (χ0) is 17.4. The fourth-order valence-corrected chi connectivity index (χ4v) is 3.29. The van der Waals surface area contributed by atoms with E-state index in [-0.39, 0.29) is 11.9 Å². The number of aryl methyl sites for hydroxylation is 1. The molecule has 2 aromatic carbocycles. The van der Waals surface area contributed by atoms with Crippen LogP contribution in [0.1, 0.15) is 33.1 Å². The zero-order valence-electron chi connectivity index (χ0n) is 13.9. The van der Waals surface area contributed by atoms with E-state index in [1.807, 2.05) is 49.5 Å². The summed E-state index contributed by atoms with van der Waals surface area (Å²) in [6, 6.07) is 14.7. The van der Waals surface area contributed by atoms with Crippen LogP contribution in [0.2, 0.25) is 0 Å². The van der Waals surface area contributed by atoms with Gasteiger partial charge in [-0.3, -0.25) is 4.79 Å². The molecule has 1 amide bonds. The summed E-state index contributed by atoms with van der Waals surface area (Å²) in [5, 5.41) is 17.5. The van der Waals surface area contributed by atoms with E-state index in [0.29, 0.717) is 12.0 Å². The third-order valence-corrected chi connectivity index (χ3v) is 4.60. The van der Waals surface area contributed by atoms with E-state index in [4.69, 9.17) is 0 Å². The second kappa shape index (κ2) is 6.18. The third-order valence-electron chi connectivity index (χ3n) is 4.60. The molecule has 0 aliphatic heterocycles. The number of amides is 1. The van der Waals surface area contributed by atoms with Crippen molar-refractivity contribution in [1.82, 2.24) is 15.1 Å². The molecule has 25 heavy (non-hydrogen) atoms. The molecule has 2 unspecified atom stereocenters. The predicted octanol–water partition coefficient (Wildman–Crippen LogP) is 2.57. The van der Waals surface area contributed by atoms with Crippen LogP contribution in [0.4, 0.5) is 0 Å². The highest BCUT2D eigenvalue weighted by atomic mass is 16.3. The molecule has 0 saturated heterocycles. The van der Waals surface area contributed by atoms with E-state index < -0.39 is 6.10 Å². The van der Waals surface area contributed by atoms with Crippen molar-refractivity contribution in [2.24, 2.45) is 0 Å². The molecule has 0 fully saturated rings. The summed E-state index contributed by atoms with van der Waals surface area (Å²) in [5.74, 6) is -0.191. The van der Waals surface area contributed by atoms with E-state index in [0.717, 1.165) is 22.4 Å². The van der Waals surface area contributed by atoms with Crippen LogP contribution in [0.5, 0.6) is 0 Å². The van der Waals surface area contributed by atoms with Gasteiger partial charge in [0.25, 0.3) is 5.91 Å². The molecule has 2 atom stereocenters. The van der Waals surface area contributed by atoms with Gasteiger partial charge in [-0.15, -0.1) is 0 Å². The molecule has 2 N–H and O–H groups in total. The van der Waals surface area contributed by atoms with Gasteiger partial charge >= 0.3 is 0 Å². The molecule has 126 valence electrons. The number of aliphatic hydroxyl groups excluding tert-OH is 1. The number of carbonyl (C=O) groups excluding carboxylic acids is 1. The quantitative estimate of drug-likeness (QED) is 0.774. The lowest BCUT2D eigenvalue weighted by atomic mass is 10.1. The van der Waals surface area contributed by atoms with E-state index >= 15 is 0 Å². The minimum absolute atomic E-state index is 0.191. The summed E-state index contributed by atoms with van der Waals surface area (Å²) in [6.07, 6.45) is 3.70. The fourth-order valence-electron chi connectivity index (χ4n) is 3.29. The van der Waals surface area contributed by atoms with Crippen molar-refractivity contribution < 1.29 is 9.90 Å². The number of hydrogen-bond acceptors (Lipinski definition) is 3. The fraction of sp³-hybridized carbons (Fsp3) is 0.200. The maximum absolute atomic E-state index is 12.6. The minimum atomic E-state index is -0.590. The highest BCUT2D eigenvalue weighted by Gasteiger charge is 2.31. The number of benzene rings is 2. The van der Waals surface area contributed by atoms with Crippen molar-refractivity contribution in [3.8, 4) is 5.69 Å². The SMILES string of the molecule is Cc1cnn(-c2ccc(C(=O)NC3c4ccccc4CC3O)cc2)c1. The molecular weight excluding hydrogens is 314 g/mol. The van der Waals surface area contributed by atoms with E-state index in [1.165, 1.54) is 0 Å². The second-order valence-corrected chi connectivity index (χ2v) is 6.43. The Kier molecular flexibility index (Phi) is 3.86. The topological polar surface area (TPSA) is 67.2 Å². The van der Waals surface area contributed by atoms with Crippen LogP contribution < -0.4 is 5.32 Å². The highest BCUT2D eigenvalue weighted by Crippen LogP contribution is 2.31. The Morgan fingerprint density at radius 2 is 1.96 bits per heavy atom. The first-order valence-corrected chi connectivity index (χ1v) is 8.30. The van der Waals surface area contributed by atoms with Crippen molar-refractivity contribution >= 4 is 5.91 Å². The maximum Gasteiger partial charge on any atom is 0.251 e. The summed E-state index contributed by atoms with van der Waals surface area (Å²) >= 11 is 0. The summed E-state index contributed by atoms with van der Waals surface area (Å²) < 4.78 is 1.77. The Balaban J connectivity index is 1.52. The van der Waals surface area contributed by atoms with Gasteiger partial charge in [-0.05, 0) is 47.9 Å². The van der Waals surface area contributed by atoms with Crippen LogP contribution >= 0.6 is 0 Å². The molecule has 1 heterocycles. The van der Waals surface area contributed by atoms with Crippen LogP contribution in [0.15, 0.2) is 60.9 Å². The van der Waals surface area contributed by atoms with Gasteiger partial charge in [0, 0.05) is 18.2 Å². The molecule has 1 aromatic heterocycles. The molecule has 0 radical (unpaired) electrons. The second-order valence-electron chi connectivity index (χ2n) is 6.43. The van der Waals surface area contributed by atoms with Gasteiger partial charge in [0.05, 0.1) is 24.0 Å². The third kappa shape index (κ3) is 2.94. The first kappa shape index (κ1) is 15.6. The van der Waals surface area contributed by atoms with Crippen molar-refractivity contribution in [2.45, 2.75) is 25.5 Å². The van der Waals surface area contributed by atoms with Gasteiger partial charge in [-0.1, -0.05) is 24.3 Å². The standard InChI is InChI=1S/C20H19N3O2/c1-13-11-21-23(12-13)16-8-6-14(7-9-16)20(25)22-19-17-5-3-2-4-15(17)10-18(19)24/h2-9,11-12,18-19,24H,10H2,1H3,(H,22,25). The van der Waals surface area contributed by atoms with Crippen molar-refractivity contribution in [1.29, 1.82) is 0 Å². The molecule has 4 rings (SSSR count). The van der Waals surface area contributed by atoms with Gasteiger partial charge in [-0.25, -0.2) is 4.68 Å². The maximum atomic E-state index is 12.6. The molecule has 5 nitrogen and oxygen atoms in total. The lowest BCUT2D eigenvalue weighted by Crippen LogP contribution is -2.33. The van der Waals surface area contributed by atoms with Crippen LogP contribution in [0.3, 0.4) is 0 Å². The van der Waals surface area contributed by atoms with Crippen molar-refractivity contribution in [3.63, 3.8) is 0 Å². The molecule has 1 aliphatic rings. The Morgan fingerprint density at radius 3 is 2.68 bits per heavy atom. The van der Waals surface area contributed by atoms with Crippen LogP contribution in [-0.2, 0) is 6.42 Å². The Morgan fingerprint density at radius 1 is 1.20 bits per heavy atom. The first-order chi connectivity index (χ1) is 12.1. The molecule has 5 heteroatoms. The number of hydrogen-bond donors (Lipinski definition) is 2. The summed E-state index contributed by atoms with van der Waals surface area (Å²) in [7, 11) is 0. The molecular formula is C20H19N3O2. The Hall–Kier alpha value is -2.92. The predicted molar refractivity (Wildman–Crippen MR) is 94.7 cm³/mol. The van der Waals surface area contributed by atoms with Crippen LogP contribution in [0.25, 0.3) is 5.69 Å². The Bertz CT molecular complexity index is 915. The lowest BCUT2D eigenvalue weighted by molar-refractivity contribution is 0.0858. The first-order valence-electron chi connectivity index (χ1n) is 8.30. The van der Waals surface area contributed by atoms with E-state index in [2.05, 4.69) is 10.4 Å². The molecule has 0 saturated carbocycles. The largest absolute Gasteiger partial charge is 0.390 e. The Labute approximate surface area is 145 Å². The van der Waals surface area contributed by atoms with Crippen LogP contribution in [0, 0.1) is 6.92 Å². The number of aromatic nitrogens is 2. The molecule has 0 bridgehead atoms. The van der Waals surface area contributed by atoms with Crippen LogP contribution in [-0.4, -0.2) is 26.9 Å². The molecule has 1 aliphatic carbocycles. The summed E-state index contributed by atoms with van der Waals surface area (Å²) in [4.78, 5) is 12.6. The van der Waals surface area contributed by atoms with Gasteiger partial charge < -0.3 is 10.4 Å². The smallest absolute Gasteiger partial charge is 0.251 e. The van der Waals surface area contributed by atoms with Gasteiger partial charge in [0.1, 0.15) is 0 Å². The molecule has 0 spiro atoms. The summed E-state index contributed by atoms with van der Waals surface area (Å²) in [5.41, 5.74) is 4.62. The number of carbonyl (C=O) groups is 1. The number of rotatable bonds is 3. The minimum Gasteiger partial charge on any atom is -0.390 e. The van der Waals surface area contributed by atoms with Crippen molar-refractivity contribution in [3.05, 3.63) is 83.2 Å². The monoisotopic (exact) mass is 333 g/mol. The lowest BCUT2D eigenvalue weighted by Gasteiger charge is -2.18. The van der Waals surface area contributed by atoms with Crippen molar-refractivity contribution in [2.75, 3.05) is 0 Å². The van der Waals surface area contributed by atoms with E-state index in [1.54, 1.807) is 23.0 Å². The normalized spacial score (nSPS) is 18.8. The zero-order valence-corrected chi connectivity index (χ0v) is 13.9. The average molecular weight is 333 g/mol. The number of fused-ring (bicyclic) bond motifs is 1. The van der Waals surface area contributed by atoms with Gasteiger partial charge in [0.2, 0.25) is 0 Å².